The van der Waals surface area contributed by atoms with Gasteiger partial charge in [0, 0.05) is 9.64 Å². The number of anilines is 1. The second-order valence-corrected chi connectivity index (χ2v) is 9.15. The summed E-state index contributed by atoms with van der Waals surface area (Å²) in [5, 5.41) is 16.5. The Morgan fingerprint density at radius 3 is 2.73 bits per heavy atom. The highest BCUT2D eigenvalue weighted by Crippen LogP contribution is 2.31. The first-order chi connectivity index (χ1) is 14.4. The first kappa shape index (κ1) is 20.5. The van der Waals surface area contributed by atoms with Crippen LogP contribution in [-0.4, -0.2) is 22.0 Å². The van der Waals surface area contributed by atoms with Gasteiger partial charge in [0.2, 0.25) is 5.13 Å². The summed E-state index contributed by atoms with van der Waals surface area (Å²) in [5.41, 5.74) is 0.969. The summed E-state index contributed by atoms with van der Waals surface area (Å²) in [6.07, 6.45) is 1.37. The topological polar surface area (TPSA) is 88.7 Å². The van der Waals surface area contributed by atoms with Crippen LogP contribution in [0.15, 0.2) is 59.7 Å². The van der Waals surface area contributed by atoms with Crippen LogP contribution in [0.3, 0.4) is 0 Å². The molecule has 150 valence electrons. The molecule has 2 aromatic heterocycles. The van der Waals surface area contributed by atoms with Crippen LogP contribution < -0.4 is 5.01 Å². The van der Waals surface area contributed by atoms with E-state index < -0.39 is 16.6 Å². The normalized spacial score (nSPS) is 11.3. The molecule has 0 bridgehead atoms. The molecule has 0 N–H and O–H groups in total. The Labute approximate surface area is 190 Å². The molecule has 0 aliphatic rings. The van der Waals surface area contributed by atoms with E-state index in [1.165, 1.54) is 30.5 Å². The largest absolute Gasteiger partial charge is 0.324 e. The second kappa shape index (κ2) is 8.53. The fraction of sp³-hybridized carbons (Fsp3) is 0. The van der Waals surface area contributed by atoms with Crippen LogP contribution >= 0.6 is 45.3 Å². The maximum atomic E-state index is 13.6. The van der Waals surface area contributed by atoms with Crippen LogP contribution in [0.2, 0.25) is 0 Å². The van der Waals surface area contributed by atoms with Crippen molar-refractivity contribution in [1.29, 1.82) is 0 Å². The number of aromatic nitrogens is 1. The molecule has 0 spiro atoms. The molecule has 0 fully saturated rings. The maximum absolute atomic E-state index is 13.6. The van der Waals surface area contributed by atoms with E-state index in [-0.39, 0.29) is 10.1 Å². The SMILES string of the molecule is O=C(c1ccccc1I)N(/N=C/c1ccc([N+](=O)[O-])s1)c1nc2ccc(F)cc2s1. The Morgan fingerprint density at radius 2 is 2.00 bits per heavy atom. The molecule has 11 heteroatoms. The van der Waals surface area contributed by atoms with Gasteiger partial charge in [0.25, 0.3) is 5.91 Å². The third-order valence-corrected chi connectivity index (χ3v) is 6.82. The lowest BCUT2D eigenvalue weighted by Crippen LogP contribution is -2.26. The van der Waals surface area contributed by atoms with Crippen molar-refractivity contribution in [3.63, 3.8) is 0 Å². The number of amides is 1. The Bertz CT molecular complexity index is 1300. The van der Waals surface area contributed by atoms with Gasteiger partial charge in [-0.15, -0.1) is 0 Å². The van der Waals surface area contributed by atoms with Crippen LogP contribution in [0.5, 0.6) is 0 Å². The first-order valence-electron chi connectivity index (χ1n) is 8.35. The number of halogens is 2. The van der Waals surface area contributed by atoms with Gasteiger partial charge >= 0.3 is 5.00 Å². The molecule has 2 aromatic carbocycles. The minimum atomic E-state index is -0.487. The number of hydrogen-bond donors (Lipinski definition) is 0. The molecule has 0 radical (unpaired) electrons. The van der Waals surface area contributed by atoms with Gasteiger partial charge in [-0.25, -0.2) is 9.37 Å². The molecule has 30 heavy (non-hydrogen) atoms. The van der Waals surface area contributed by atoms with E-state index in [9.17, 15) is 19.3 Å². The van der Waals surface area contributed by atoms with Crippen LogP contribution in [0.4, 0.5) is 14.5 Å². The lowest BCUT2D eigenvalue weighted by Gasteiger charge is -2.14. The molecule has 0 atom stereocenters. The maximum Gasteiger partial charge on any atom is 0.324 e. The predicted molar refractivity (Wildman–Crippen MR) is 124 cm³/mol. The fourth-order valence-electron chi connectivity index (χ4n) is 2.54. The molecule has 7 nitrogen and oxygen atoms in total. The number of thiazole rings is 1. The van der Waals surface area contributed by atoms with Gasteiger partial charge in [0.1, 0.15) is 5.82 Å². The Morgan fingerprint density at radius 1 is 1.20 bits per heavy atom. The van der Waals surface area contributed by atoms with E-state index in [0.717, 1.165) is 31.3 Å². The minimum Gasteiger partial charge on any atom is -0.267 e. The number of nitrogens with zero attached hydrogens (tertiary/aromatic N) is 4. The van der Waals surface area contributed by atoms with E-state index in [2.05, 4.69) is 32.7 Å². The minimum absolute atomic E-state index is 0.0256. The van der Waals surface area contributed by atoms with Crippen molar-refractivity contribution in [2.24, 2.45) is 5.10 Å². The third-order valence-electron chi connectivity index (χ3n) is 3.91. The van der Waals surface area contributed by atoms with Gasteiger partial charge in [-0.3, -0.25) is 14.9 Å². The van der Waals surface area contributed by atoms with Crippen molar-refractivity contribution in [3.8, 4) is 0 Å². The summed E-state index contributed by atoms with van der Waals surface area (Å²) >= 11 is 4.13. The smallest absolute Gasteiger partial charge is 0.267 e. The monoisotopic (exact) mass is 552 g/mol. The number of thiophene rings is 1. The summed E-state index contributed by atoms with van der Waals surface area (Å²) in [7, 11) is 0. The van der Waals surface area contributed by atoms with Crippen LogP contribution in [-0.2, 0) is 0 Å². The van der Waals surface area contributed by atoms with Crippen molar-refractivity contribution < 1.29 is 14.1 Å². The Balaban J connectivity index is 1.76. The Kier molecular flexibility index (Phi) is 5.83. The molecule has 0 aliphatic heterocycles. The number of rotatable bonds is 5. The van der Waals surface area contributed by atoms with Gasteiger partial charge in [0.15, 0.2) is 0 Å². The molecule has 4 rings (SSSR count). The highest BCUT2D eigenvalue weighted by molar-refractivity contribution is 14.1. The zero-order valence-corrected chi connectivity index (χ0v) is 18.7. The van der Waals surface area contributed by atoms with Crippen molar-refractivity contribution >= 4 is 77.7 Å². The van der Waals surface area contributed by atoms with Crippen molar-refractivity contribution in [3.05, 3.63) is 84.5 Å². The lowest BCUT2D eigenvalue weighted by atomic mass is 10.2. The fourth-order valence-corrected chi connectivity index (χ4v) is 4.79. The number of hydrazone groups is 1. The standard InChI is InChI=1S/C19H10FIN4O3S2/c20-11-5-7-15-16(9-11)30-19(23-15)24(18(26)13-3-1-2-4-14(13)21)22-10-12-6-8-17(29-12)25(27)28/h1-10H/b22-10+. The molecule has 0 aliphatic carbocycles. The Hall–Kier alpha value is -2.77. The zero-order valence-electron chi connectivity index (χ0n) is 14.9. The summed E-state index contributed by atoms with van der Waals surface area (Å²) in [6.45, 7) is 0. The van der Waals surface area contributed by atoms with E-state index in [1.807, 2.05) is 6.07 Å². The van der Waals surface area contributed by atoms with E-state index in [0.29, 0.717) is 20.7 Å². The lowest BCUT2D eigenvalue weighted by molar-refractivity contribution is -0.380. The molecule has 2 heterocycles. The average molecular weight is 552 g/mol. The number of nitro groups is 1. The van der Waals surface area contributed by atoms with E-state index in [4.69, 9.17) is 0 Å². The highest BCUT2D eigenvalue weighted by atomic mass is 127. The molecule has 4 aromatic rings. The van der Waals surface area contributed by atoms with Gasteiger partial charge in [0.05, 0.1) is 31.8 Å². The molecule has 1 amide bonds. The summed E-state index contributed by atoms with van der Waals surface area (Å²) < 4.78 is 14.9. The molecule has 0 saturated carbocycles. The zero-order chi connectivity index (χ0) is 21.3. The quantitative estimate of drug-likeness (QED) is 0.138. The molecular formula is C19H10FIN4O3S2. The van der Waals surface area contributed by atoms with Crippen molar-refractivity contribution in [2.75, 3.05) is 5.01 Å². The van der Waals surface area contributed by atoms with Crippen LogP contribution in [0.1, 0.15) is 15.2 Å². The van der Waals surface area contributed by atoms with Crippen LogP contribution in [0, 0.1) is 19.5 Å². The average Bonchev–Trinajstić information content (AvgIpc) is 3.35. The number of carbonyl (C=O) groups excluding carboxylic acids is 1. The first-order valence-corrected chi connectivity index (χ1v) is 11.1. The summed E-state index contributed by atoms with van der Waals surface area (Å²) in [5.74, 6) is -0.815. The van der Waals surface area contributed by atoms with Gasteiger partial charge in [-0.2, -0.15) is 10.1 Å². The highest BCUT2D eigenvalue weighted by Gasteiger charge is 2.23. The third kappa shape index (κ3) is 4.22. The summed E-state index contributed by atoms with van der Waals surface area (Å²) in [6, 6.07) is 14.1. The number of benzene rings is 2. The number of carbonyl (C=O) groups is 1. The molecule has 0 saturated heterocycles. The van der Waals surface area contributed by atoms with E-state index >= 15 is 0 Å². The van der Waals surface area contributed by atoms with Gasteiger partial charge in [-0.05, 0) is 59.0 Å². The van der Waals surface area contributed by atoms with Crippen molar-refractivity contribution in [1.82, 2.24) is 4.98 Å². The number of fused-ring (bicyclic) bond motifs is 1. The van der Waals surface area contributed by atoms with Gasteiger partial charge < -0.3 is 0 Å². The van der Waals surface area contributed by atoms with Crippen molar-refractivity contribution in [2.45, 2.75) is 0 Å². The summed E-state index contributed by atoms with van der Waals surface area (Å²) in [4.78, 5) is 28.6. The number of hydrogen-bond acceptors (Lipinski definition) is 7. The molecule has 0 unspecified atom stereocenters. The molecular weight excluding hydrogens is 542 g/mol. The van der Waals surface area contributed by atoms with Crippen LogP contribution in [0.25, 0.3) is 10.2 Å². The van der Waals surface area contributed by atoms with E-state index in [1.54, 1.807) is 24.3 Å². The van der Waals surface area contributed by atoms with Gasteiger partial charge in [-0.1, -0.05) is 34.8 Å². The predicted octanol–water partition coefficient (Wildman–Crippen LogP) is 5.69. The second-order valence-electron chi connectivity index (χ2n) is 5.88.